The van der Waals surface area contributed by atoms with E-state index >= 15 is 0 Å². The number of aryl methyl sites for hydroxylation is 1. The summed E-state index contributed by atoms with van der Waals surface area (Å²) in [6.07, 6.45) is 1.58. The Bertz CT molecular complexity index is 790. The van der Waals surface area contributed by atoms with Crippen LogP contribution >= 0.6 is 11.6 Å². The van der Waals surface area contributed by atoms with Crippen molar-refractivity contribution in [3.8, 4) is 5.75 Å². The number of rotatable bonds is 7. The molecule has 0 aliphatic heterocycles. The number of hydrogen-bond donors (Lipinski definition) is 2. The molecule has 0 saturated carbocycles. The highest BCUT2D eigenvalue weighted by molar-refractivity contribution is 6.30. The second kappa shape index (κ2) is 8.89. The van der Waals surface area contributed by atoms with Crippen molar-refractivity contribution in [2.75, 3.05) is 18.5 Å². The van der Waals surface area contributed by atoms with Crippen molar-refractivity contribution in [1.29, 1.82) is 0 Å². The van der Waals surface area contributed by atoms with Gasteiger partial charge in [-0.05, 0) is 42.8 Å². The van der Waals surface area contributed by atoms with E-state index in [2.05, 4.69) is 17.2 Å². The van der Waals surface area contributed by atoms with Crippen molar-refractivity contribution in [2.24, 2.45) is 0 Å². The molecule has 0 radical (unpaired) electrons. The Hall–Kier alpha value is -2.79. The van der Waals surface area contributed by atoms with Crippen molar-refractivity contribution in [3.63, 3.8) is 0 Å². The van der Waals surface area contributed by atoms with Crippen LogP contribution in [0.3, 0.4) is 0 Å². The van der Waals surface area contributed by atoms with Crippen LogP contribution in [0, 0.1) is 6.92 Å². The van der Waals surface area contributed by atoms with Crippen LogP contribution in [0.5, 0.6) is 5.75 Å². The highest BCUT2D eigenvalue weighted by Crippen LogP contribution is 2.22. The number of benzene rings is 2. The van der Waals surface area contributed by atoms with Gasteiger partial charge in [-0.2, -0.15) is 0 Å². The molecule has 0 heterocycles. The molecule has 0 aliphatic rings. The molecule has 0 unspecified atom stereocenters. The van der Waals surface area contributed by atoms with Gasteiger partial charge >= 0.3 is 0 Å². The molecule has 0 aromatic heterocycles. The summed E-state index contributed by atoms with van der Waals surface area (Å²) >= 11 is 5.89. The number of nitrogens with one attached hydrogen (secondary N) is 2. The summed E-state index contributed by atoms with van der Waals surface area (Å²) in [4.78, 5) is 24.3. The number of carbonyl (C=O) groups excluding carboxylic acids is 2. The van der Waals surface area contributed by atoms with Gasteiger partial charge in [0.15, 0.2) is 6.61 Å². The Morgan fingerprint density at radius 2 is 2.00 bits per heavy atom. The van der Waals surface area contributed by atoms with E-state index in [4.69, 9.17) is 16.3 Å². The summed E-state index contributed by atoms with van der Waals surface area (Å²) in [5.41, 5.74) is 1.63. The third kappa shape index (κ3) is 5.36. The fourth-order valence-corrected chi connectivity index (χ4v) is 2.38. The first-order valence-corrected chi connectivity index (χ1v) is 8.06. The molecule has 130 valence electrons. The maximum atomic E-state index is 12.1. The van der Waals surface area contributed by atoms with Gasteiger partial charge in [0.05, 0.1) is 11.3 Å². The number of halogens is 1. The predicted octanol–water partition coefficient (Wildman–Crippen LogP) is 3.58. The van der Waals surface area contributed by atoms with Gasteiger partial charge < -0.3 is 15.4 Å². The van der Waals surface area contributed by atoms with Gasteiger partial charge in [0.2, 0.25) is 0 Å². The zero-order valence-corrected chi connectivity index (χ0v) is 14.6. The van der Waals surface area contributed by atoms with E-state index in [1.165, 1.54) is 0 Å². The topological polar surface area (TPSA) is 67.4 Å². The molecule has 2 aromatic carbocycles. The minimum atomic E-state index is -0.363. The third-order valence-electron chi connectivity index (χ3n) is 3.35. The van der Waals surface area contributed by atoms with Crippen LogP contribution in [0.2, 0.25) is 5.02 Å². The molecule has 0 atom stereocenters. The van der Waals surface area contributed by atoms with E-state index in [1.807, 2.05) is 6.92 Å². The Kier molecular flexibility index (Phi) is 6.60. The molecule has 5 nitrogen and oxygen atoms in total. The highest BCUT2D eigenvalue weighted by atomic mass is 35.5. The van der Waals surface area contributed by atoms with Crippen LogP contribution in [-0.2, 0) is 4.79 Å². The molecular formula is C19H19ClN2O3. The lowest BCUT2D eigenvalue weighted by atomic mass is 10.1. The van der Waals surface area contributed by atoms with Crippen molar-refractivity contribution < 1.29 is 14.3 Å². The lowest BCUT2D eigenvalue weighted by Gasteiger charge is -2.12. The number of ether oxygens (including phenoxy) is 1. The molecular weight excluding hydrogens is 340 g/mol. The van der Waals surface area contributed by atoms with E-state index in [0.29, 0.717) is 28.6 Å². The summed E-state index contributed by atoms with van der Waals surface area (Å²) in [5.74, 6) is -0.0693. The average Bonchev–Trinajstić information content (AvgIpc) is 2.59. The number of anilines is 1. The van der Waals surface area contributed by atoms with E-state index in [1.54, 1.807) is 48.5 Å². The minimum Gasteiger partial charge on any atom is -0.483 e. The van der Waals surface area contributed by atoms with Crippen LogP contribution in [0.15, 0.2) is 55.1 Å². The van der Waals surface area contributed by atoms with Crippen LogP contribution < -0.4 is 15.4 Å². The largest absolute Gasteiger partial charge is 0.483 e. The maximum Gasteiger partial charge on any atom is 0.262 e. The van der Waals surface area contributed by atoms with Crippen molar-refractivity contribution in [1.82, 2.24) is 5.32 Å². The van der Waals surface area contributed by atoms with Gasteiger partial charge in [0.1, 0.15) is 5.75 Å². The Morgan fingerprint density at radius 3 is 2.72 bits per heavy atom. The Balaban J connectivity index is 2.00. The first-order chi connectivity index (χ1) is 12.0. The molecule has 2 N–H and O–H groups in total. The molecule has 2 amide bonds. The first kappa shape index (κ1) is 18.5. The van der Waals surface area contributed by atoms with Crippen LogP contribution in [0.4, 0.5) is 5.69 Å². The van der Waals surface area contributed by atoms with E-state index in [0.717, 1.165) is 5.56 Å². The van der Waals surface area contributed by atoms with Gasteiger partial charge in [-0.1, -0.05) is 29.8 Å². The average molecular weight is 359 g/mol. The monoisotopic (exact) mass is 358 g/mol. The molecule has 0 fully saturated rings. The van der Waals surface area contributed by atoms with Crippen molar-refractivity contribution >= 4 is 29.1 Å². The van der Waals surface area contributed by atoms with Gasteiger partial charge in [-0.25, -0.2) is 0 Å². The molecule has 2 rings (SSSR count). The minimum absolute atomic E-state index is 0.176. The second-order valence-electron chi connectivity index (χ2n) is 5.29. The molecule has 25 heavy (non-hydrogen) atoms. The zero-order valence-electron chi connectivity index (χ0n) is 13.8. The standard InChI is InChI=1S/C19H19ClN2O3/c1-3-10-21-19(24)15-6-4-5-7-16(15)22-18(23)12-25-17-9-8-14(20)11-13(17)2/h3-9,11H,1,10,12H2,2H3,(H,21,24)(H,22,23). The highest BCUT2D eigenvalue weighted by Gasteiger charge is 2.13. The first-order valence-electron chi connectivity index (χ1n) is 7.68. The molecule has 0 aliphatic carbocycles. The smallest absolute Gasteiger partial charge is 0.262 e. The van der Waals surface area contributed by atoms with Gasteiger partial charge in [0.25, 0.3) is 11.8 Å². The van der Waals surface area contributed by atoms with Gasteiger partial charge in [0, 0.05) is 11.6 Å². The Labute approximate surface area is 151 Å². The number of carbonyl (C=O) groups is 2. The quantitative estimate of drug-likeness (QED) is 0.743. The fraction of sp³-hybridized carbons (Fsp3) is 0.158. The van der Waals surface area contributed by atoms with Gasteiger partial charge in [-0.15, -0.1) is 6.58 Å². The van der Waals surface area contributed by atoms with E-state index in [-0.39, 0.29) is 18.4 Å². The molecule has 0 bridgehead atoms. The van der Waals surface area contributed by atoms with Gasteiger partial charge in [-0.3, -0.25) is 9.59 Å². The maximum absolute atomic E-state index is 12.1. The fourth-order valence-electron chi connectivity index (χ4n) is 2.15. The van der Waals surface area contributed by atoms with E-state index in [9.17, 15) is 9.59 Å². The molecule has 0 spiro atoms. The van der Waals surface area contributed by atoms with Crippen LogP contribution in [0.25, 0.3) is 0 Å². The van der Waals surface area contributed by atoms with Crippen LogP contribution in [-0.4, -0.2) is 25.0 Å². The summed E-state index contributed by atoms with van der Waals surface area (Å²) in [6.45, 7) is 5.57. The van der Waals surface area contributed by atoms with Crippen LogP contribution in [0.1, 0.15) is 15.9 Å². The molecule has 2 aromatic rings. The summed E-state index contributed by atoms with van der Waals surface area (Å²) in [7, 11) is 0. The Morgan fingerprint density at radius 1 is 1.24 bits per heavy atom. The molecule has 6 heteroatoms. The lowest BCUT2D eigenvalue weighted by molar-refractivity contribution is -0.118. The lowest BCUT2D eigenvalue weighted by Crippen LogP contribution is -2.26. The number of para-hydroxylation sites is 1. The SMILES string of the molecule is C=CCNC(=O)c1ccccc1NC(=O)COc1ccc(Cl)cc1C. The third-order valence-corrected chi connectivity index (χ3v) is 3.58. The number of hydrogen-bond acceptors (Lipinski definition) is 3. The zero-order chi connectivity index (χ0) is 18.2. The number of amides is 2. The second-order valence-corrected chi connectivity index (χ2v) is 5.73. The summed E-state index contributed by atoms with van der Waals surface area (Å²) < 4.78 is 5.51. The summed E-state index contributed by atoms with van der Waals surface area (Å²) in [6, 6.07) is 11.9. The summed E-state index contributed by atoms with van der Waals surface area (Å²) in [5, 5.41) is 5.98. The van der Waals surface area contributed by atoms with Crippen molar-refractivity contribution in [3.05, 3.63) is 71.3 Å². The predicted molar refractivity (Wildman–Crippen MR) is 99.3 cm³/mol. The van der Waals surface area contributed by atoms with E-state index < -0.39 is 0 Å². The normalized spacial score (nSPS) is 10.0. The van der Waals surface area contributed by atoms with Crippen molar-refractivity contribution in [2.45, 2.75) is 6.92 Å². The molecule has 0 saturated heterocycles.